The summed E-state index contributed by atoms with van der Waals surface area (Å²) >= 11 is 0. The Labute approximate surface area is 149 Å². The van der Waals surface area contributed by atoms with Gasteiger partial charge in [0.15, 0.2) is 0 Å². The summed E-state index contributed by atoms with van der Waals surface area (Å²) in [6.45, 7) is 2.95. The molecule has 1 aliphatic rings. The number of aryl methyl sites for hydroxylation is 1. The zero-order chi connectivity index (χ0) is 18.3. The predicted octanol–water partition coefficient (Wildman–Crippen LogP) is 3.87. The molecule has 1 unspecified atom stereocenters. The number of aromatic nitrogens is 2. The molecule has 0 bridgehead atoms. The number of hydrogen-bond acceptors (Lipinski definition) is 3. The summed E-state index contributed by atoms with van der Waals surface area (Å²) in [6.07, 6.45) is 3.07. The van der Waals surface area contributed by atoms with E-state index in [-0.39, 0.29) is 17.2 Å². The van der Waals surface area contributed by atoms with E-state index >= 15 is 0 Å². The van der Waals surface area contributed by atoms with E-state index in [9.17, 15) is 13.6 Å². The Bertz CT molecular complexity index is 1020. The van der Waals surface area contributed by atoms with Crippen LogP contribution in [0, 0.1) is 11.6 Å². The minimum absolute atomic E-state index is 0.00560. The van der Waals surface area contributed by atoms with Gasteiger partial charge in [0.05, 0.1) is 29.3 Å². The predicted molar refractivity (Wildman–Crippen MR) is 95.2 cm³/mol. The molecule has 134 valence electrons. The third-order valence-electron chi connectivity index (χ3n) is 4.84. The van der Waals surface area contributed by atoms with Gasteiger partial charge in [-0.05, 0) is 37.1 Å². The van der Waals surface area contributed by atoms with Crippen molar-refractivity contribution >= 4 is 10.9 Å². The van der Waals surface area contributed by atoms with Gasteiger partial charge >= 0.3 is 0 Å². The summed E-state index contributed by atoms with van der Waals surface area (Å²) in [4.78, 5) is 17.6. The molecule has 1 aliphatic heterocycles. The Morgan fingerprint density at radius 3 is 2.69 bits per heavy atom. The Hall–Kier alpha value is -2.60. The van der Waals surface area contributed by atoms with Gasteiger partial charge in [-0.2, -0.15) is 0 Å². The Kier molecular flexibility index (Phi) is 4.28. The van der Waals surface area contributed by atoms with Crippen LogP contribution in [0.5, 0.6) is 0 Å². The SMILES string of the molecule is CCc1cc2c(cn1)cc(-c1c(F)cccc1F)c(=O)n2C1CCOC1. The van der Waals surface area contributed by atoms with Crippen LogP contribution < -0.4 is 5.56 Å². The molecule has 0 radical (unpaired) electrons. The molecule has 0 saturated carbocycles. The van der Waals surface area contributed by atoms with Gasteiger partial charge in [0.25, 0.3) is 5.56 Å². The number of rotatable bonds is 3. The van der Waals surface area contributed by atoms with Crippen molar-refractivity contribution in [3.63, 3.8) is 0 Å². The van der Waals surface area contributed by atoms with Crippen LogP contribution in [0.3, 0.4) is 0 Å². The van der Waals surface area contributed by atoms with E-state index in [1.807, 2.05) is 13.0 Å². The molecule has 0 spiro atoms. The molecule has 3 aromatic rings. The first-order valence-electron chi connectivity index (χ1n) is 8.66. The zero-order valence-corrected chi connectivity index (χ0v) is 14.3. The van der Waals surface area contributed by atoms with E-state index < -0.39 is 17.2 Å². The molecule has 26 heavy (non-hydrogen) atoms. The summed E-state index contributed by atoms with van der Waals surface area (Å²) < 4.78 is 35.7. The third kappa shape index (κ3) is 2.70. The first-order chi connectivity index (χ1) is 12.6. The number of pyridine rings is 2. The maximum atomic E-state index is 14.3. The fourth-order valence-electron chi connectivity index (χ4n) is 3.49. The van der Waals surface area contributed by atoms with Crippen molar-refractivity contribution in [2.75, 3.05) is 13.2 Å². The summed E-state index contributed by atoms with van der Waals surface area (Å²) in [6, 6.07) is 6.83. The fourth-order valence-corrected chi connectivity index (χ4v) is 3.49. The first kappa shape index (κ1) is 16.8. The molecule has 1 saturated heterocycles. The summed E-state index contributed by atoms with van der Waals surface area (Å²) in [7, 11) is 0. The number of ether oxygens (including phenoxy) is 1. The van der Waals surface area contributed by atoms with Crippen LogP contribution in [0.15, 0.2) is 41.3 Å². The highest BCUT2D eigenvalue weighted by molar-refractivity contribution is 5.84. The summed E-state index contributed by atoms with van der Waals surface area (Å²) in [5, 5.41) is 0.673. The molecule has 2 aromatic heterocycles. The molecule has 4 rings (SSSR count). The molecule has 3 heterocycles. The van der Waals surface area contributed by atoms with Crippen LogP contribution in [0.2, 0.25) is 0 Å². The quantitative estimate of drug-likeness (QED) is 0.716. The van der Waals surface area contributed by atoms with Gasteiger partial charge in [0, 0.05) is 23.9 Å². The molecule has 0 N–H and O–H groups in total. The molecule has 4 nitrogen and oxygen atoms in total. The lowest BCUT2D eigenvalue weighted by Crippen LogP contribution is -2.27. The normalized spacial score (nSPS) is 17.1. The lowest BCUT2D eigenvalue weighted by molar-refractivity contribution is 0.186. The molecule has 6 heteroatoms. The van der Waals surface area contributed by atoms with Crippen LogP contribution in [-0.2, 0) is 11.2 Å². The van der Waals surface area contributed by atoms with Gasteiger partial charge in [-0.15, -0.1) is 0 Å². The molecule has 1 aromatic carbocycles. The maximum absolute atomic E-state index is 14.3. The van der Waals surface area contributed by atoms with Crippen molar-refractivity contribution < 1.29 is 13.5 Å². The van der Waals surface area contributed by atoms with E-state index in [1.165, 1.54) is 12.1 Å². The molecular formula is C20H18F2N2O2. The fraction of sp³-hybridized carbons (Fsp3) is 0.300. The number of nitrogens with zero attached hydrogens (tertiary/aromatic N) is 2. The largest absolute Gasteiger partial charge is 0.379 e. The van der Waals surface area contributed by atoms with Crippen molar-refractivity contribution in [2.45, 2.75) is 25.8 Å². The molecule has 1 fully saturated rings. The molecule has 0 amide bonds. The standard InChI is InChI=1S/C20H18F2N2O2/c1-2-13-9-18-12(10-23-13)8-15(19-16(21)4-3-5-17(19)22)20(25)24(18)14-6-7-26-11-14/h3-5,8-10,14H,2,6-7,11H2,1H3. The highest BCUT2D eigenvalue weighted by Crippen LogP contribution is 2.29. The Morgan fingerprint density at radius 2 is 2.04 bits per heavy atom. The second kappa shape index (κ2) is 6.61. The zero-order valence-electron chi connectivity index (χ0n) is 14.3. The van der Waals surface area contributed by atoms with Gasteiger partial charge in [0.2, 0.25) is 0 Å². The average molecular weight is 356 g/mol. The van der Waals surface area contributed by atoms with Crippen molar-refractivity contribution in [2.24, 2.45) is 0 Å². The van der Waals surface area contributed by atoms with Gasteiger partial charge in [-0.25, -0.2) is 8.78 Å². The van der Waals surface area contributed by atoms with Gasteiger partial charge < -0.3 is 9.30 Å². The number of hydrogen-bond donors (Lipinski definition) is 0. The third-order valence-corrected chi connectivity index (χ3v) is 4.84. The van der Waals surface area contributed by atoms with Crippen LogP contribution >= 0.6 is 0 Å². The van der Waals surface area contributed by atoms with Crippen LogP contribution in [-0.4, -0.2) is 22.8 Å². The van der Waals surface area contributed by atoms with Crippen molar-refractivity contribution in [3.8, 4) is 11.1 Å². The minimum Gasteiger partial charge on any atom is -0.379 e. The second-order valence-corrected chi connectivity index (χ2v) is 6.44. The average Bonchev–Trinajstić information content (AvgIpc) is 3.15. The van der Waals surface area contributed by atoms with Crippen LogP contribution in [0.25, 0.3) is 22.0 Å². The number of halogens is 2. The lowest BCUT2D eigenvalue weighted by Gasteiger charge is -2.18. The number of fused-ring (bicyclic) bond motifs is 1. The van der Waals surface area contributed by atoms with E-state index in [1.54, 1.807) is 10.8 Å². The van der Waals surface area contributed by atoms with Crippen LogP contribution in [0.1, 0.15) is 25.1 Å². The van der Waals surface area contributed by atoms with E-state index in [0.717, 1.165) is 29.8 Å². The van der Waals surface area contributed by atoms with Crippen molar-refractivity contribution in [1.82, 2.24) is 9.55 Å². The van der Waals surface area contributed by atoms with Gasteiger partial charge in [0.1, 0.15) is 11.6 Å². The van der Waals surface area contributed by atoms with Gasteiger partial charge in [-0.1, -0.05) is 13.0 Å². The summed E-state index contributed by atoms with van der Waals surface area (Å²) in [5.41, 5.74) is 0.871. The lowest BCUT2D eigenvalue weighted by atomic mass is 10.0. The first-order valence-corrected chi connectivity index (χ1v) is 8.66. The summed E-state index contributed by atoms with van der Waals surface area (Å²) in [5.74, 6) is -1.51. The highest BCUT2D eigenvalue weighted by atomic mass is 19.1. The Balaban J connectivity index is 2.07. The smallest absolute Gasteiger partial charge is 0.259 e. The highest BCUT2D eigenvalue weighted by Gasteiger charge is 2.24. The van der Waals surface area contributed by atoms with Gasteiger partial charge in [-0.3, -0.25) is 9.78 Å². The van der Waals surface area contributed by atoms with E-state index in [4.69, 9.17) is 4.74 Å². The topological polar surface area (TPSA) is 44.1 Å². The second-order valence-electron chi connectivity index (χ2n) is 6.44. The number of benzene rings is 1. The molecule has 1 atom stereocenters. The maximum Gasteiger partial charge on any atom is 0.259 e. The van der Waals surface area contributed by atoms with Crippen molar-refractivity contribution in [3.05, 3.63) is 64.2 Å². The Morgan fingerprint density at radius 1 is 1.27 bits per heavy atom. The van der Waals surface area contributed by atoms with Crippen LogP contribution in [0.4, 0.5) is 8.78 Å². The van der Waals surface area contributed by atoms with Crippen molar-refractivity contribution in [1.29, 1.82) is 0 Å². The molecular weight excluding hydrogens is 338 g/mol. The van der Waals surface area contributed by atoms with E-state index in [2.05, 4.69) is 4.98 Å². The minimum atomic E-state index is -0.756. The monoisotopic (exact) mass is 356 g/mol. The molecule has 0 aliphatic carbocycles. The van der Waals surface area contributed by atoms with E-state index in [0.29, 0.717) is 25.0 Å².